The number of hydrogen-bond donors (Lipinski definition) is 0. The predicted octanol–water partition coefficient (Wildman–Crippen LogP) is 2.52. The topological polar surface area (TPSA) is 79.0 Å². The minimum Gasteiger partial charge on any atom is -0.497 e. The largest absolute Gasteiger partial charge is 0.497 e. The first-order valence-corrected chi connectivity index (χ1v) is 9.14. The molecule has 4 rings (SSSR count). The standard InChI is InChI=1S/C22H20N4O3/c1-14-4-6-15(7-5-14)13-26-21(27)18-12-23-19(24-20(18)25(2)22(26)28)16-8-10-17(29-3)11-9-16/h4-12H,13H2,1-3H3. The van der Waals surface area contributed by atoms with E-state index in [0.717, 1.165) is 22.4 Å². The monoisotopic (exact) mass is 388 g/mol. The lowest BCUT2D eigenvalue weighted by atomic mass is 10.1. The number of hydrogen-bond acceptors (Lipinski definition) is 5. The van der Waals surface area contributed by atoms with Gasteiger partial charge >= 0.3 is 5.69 Å². The number of nitrogens with zero attached hydrogens (tertiary/aromatic N) is 4. The van der Waals surface area contributed by atoms with Crippen LogP contribution in [0.2, 0.25) is 0 Å². The summed E-state index contributed by atoms with van der Waals surface area (Å²) in [5, 5.41) is 0.302. The normalized spacial score (nSPS) is 11.0. The summed E-state index contributed by atoms with van der Waals surface area (Å²) >= 11 is 0. The van der Waals surface area contributed by atoms with Crippen molar-refractivity contribution in [3.05, 3.63) is 86.7 Å². The van der Waals surface area contributed by atoms with Crippen molar-refractivity contribution in [3.8, 4) is 17.1 Å². The Hall–Kier alpha value is -3.74. The van der Waals surface area contributed by atoms with E-state index in [1.807, 2.05) is 55.5 Å². The van der Waals surface area contributed by atoms with E-state index in [0.29, 0.717) is 16.9 Å². The van der Waals surface area contributed by atoms with Crippen LogP contribution in [0.15, 0.2) is 64.3 Å². The molecule has 4 aromatic rings. The molecule has 146 valence electrons. The predicted molar refractivity (Wildman–Crippen MR) is 111 cm³/mol. The van der Waals surface area contributed by atoms with Gasteiger partial charge in [-0.05, 0) is 36.8 Å². The Morgan fingerprint density at radius 3 is 2.34 bits per heavy atom. The van der Waals surface area contributed by atoms with Crippen LogP contribution in [-0.2, 0) is 13.6 Å². The Labute approximate surface area is 166 Å². The van der Waals surface area contributed by atoms with E-state index in [9.17, 15) is 9.59 Å². The second-order valence-corrected chi connectivity index (χ2v) is 6.88. The smallest absolute Gasteiger partial charge is 0.332 e. The number of aromatic nitrogens is 4. The fourth-order valence-electron chi connectivity index (χ4n) is 3.18. The van der Waals surface area contributed by atoms with Gasteiger partial charge in [-0.2, -0.15) is 0 Å². The summed E-state index contributed by atoms with van der Waals surface area (Å²) in [5.41, 5.74) is 2.26. The molecule has 0 saturated carbocycles. The van der Waals surface area contributed by atoms with Gasteiger partial charge in [-0.25, -0.2) is 14.8 Å². The molecule has 0 atom stereocenters. The molecule has 7 heteroatoms. The second kappa shape index (κ2) is 7.35. The molecule has 0 aliphatic carbocycles. The Kier molecular flexibility index (Phi) is 4.72. The molecule has 0 fully saturated rings. The minimum absolute atomic E-state index is 0.196. The van der Waals surface area contributed by atoms with E-state index >= 15 is 0 Å². The number of fused-ring (bicyclic) bond motifs is 1. The third-order valence-corrected chi connectivity index (χ3v) is 4.89. The zero-order valence-electron chi connectivity index (χ0n) is 16.4. The first-order chi connectivity index (χ1) is 14.0. The van der Waals surface area contributed by atoms with Crippen LogP contribution in [-0.4, -0.2) is 26.2 Å². The Bertz CT molecular complexity index is 1300. The number of benzene rings is 2. The quantitative estimate of drug-likeness (QED) is 0.537. The van der Waals surface area contributed by atoms with E-state index in [1.165, 1.54) is 15.3 Å². The average molecular weight is 388 g/mol. The molecule has 0 aliphatic rings. The fourth-order valence-corrected chi connectivity index (χ4v) is 3.18. The fraction of sp³-hybridized carbons (Fsp3) is 0.182. The van der Waals surface area contributed by atoms with Crippen molar-refractivity contribution in [1.29, 1.82) is 0 Å². The molecule has 2 heterocycles. The molecule has 0 saturated heterocycles. The van der Waals surface area contributed by atoms with Crippen LogP contribution < -0.4 is 16.0 Å². The Morgan fingerprint density at radius 2 is 1.69 bits per heavy atom. The van der Waals surface area contributed by atoms with Crippen molar-refractivity contribution >= 4 is 11.0 Å². The van der Waals surface area contributed by atoms with Crippen molar-refractivity contribution in [3.63, 3.8) is 0 Å². The molecule has 0 bridgehead atoms. The summed E-state index contributed by atoms with van der Waals surface area (Å²) < 4.78 is 7.76. The minimum atomic E-state index is -0.414. The summed E-state index contributed by atoms with van der Waals surface area (Å²) in [4.78, 5) is 34.6. The number of aryl methyl sites for hydroxylation is 2. The van der Waals surface area contributed by atoms with Crippen LogP contribution in [0.25, 0.3) is 22.4 Å². The van der Waals surface area contributed by atoms with Crippen LogP contribution in [0.4, 0.5) is 0 Å². The van der Waals surface area contributed by atoms with E-state index < -0.39 is 11.2 Å². The Balaban J connectivity index is 1.82. The molecular formula is C22H20N4O3. The number of ether oxygens (including phenoxy) is 1. The van der Waals surface area contributed by atoms with Crippen LogP contribution in [0.3, 0.4) is 0 Å². The molecule has 2 aromatic heterocycles. The first kappa shape index (κ1) is 18.6. The van der Waals surface area contributed by atoms with Crippen LogP contribution in [0.1, 0.15) is 11.1 Å². The highest BCUT2D eigenvalue weighted by Gasteiger charge is 2.14. The maximum absolute atomic E-state index is 13.0. The van der Waals surface area contributed by atoms with Crippen molar-refractivity contribution < 1.29 is 4.74 Å². The van der Waals surface area contributed by atoms with Gasteiger partial charge in [-0.3, -0.25) is 13.9 Å². The summed E-state index contributed by atoms with van der Waals surface area (Å²) in [5.74, 6) is 1.16. The lowest BCUT2D eigenvalue weighted by Gasteiger charge is -2.11. The lowest BCUT2D eigenvalue weighted by molar-refractivity contribution is 0.415. The van der Waals surface area contributed by atoms with Crippen LogP contribution >= 0.6 is 0 Å². The molecule has 0 aliphatic heterocycles. The summed E-state index contributed by atoms with van der Waals surface area (Å²) in [6.45, 7) is 2.19. The first-order valence-electron chi connectivity index (χ1n) is 9.14. The van der Waals surface area contributed by atoms with Gasteiger partial charge in [0.2, 0.25) is 0 Å². The number of methoxy groups -OCH3 is 1. The van der Waals surface area contributed by atoms with Gasteiger partial charge in [-0.15, -0.1) is 0 Å². The third-order valence-electron chi connectivity index (χ3n) is 4.89. The molecule has 0 amide bonds. The van der Waals surface area contributed by atoms with Gasteiger partial charge in [0.25, 0.3) is 5.56 Å². The Morgan fingerprint density at radius 1 is 1.00 bits per heavy atom. The van der Waals surface area contributed by atoms with Gasteiger partial charge < -0.3 is 4.74 Å². The van der Waals surface area contributed by atoms with E-state index in [4.69, 9.17) is 4.74 Å². The zero-order chi connectivity index (χ0) is 20.5. The SMILES string of the molecule is COc1ccc(-c2ncc3c(=O)n(Cc4ccc(C)cc4)c(=O)n(C)c3n2)cc1. The van der Waals surface area contributed by atoms with E-state index in [1.54, 1.807) is 14.2 Å². The molecule has 0 unspecified atom stereocenters. The zero-order valence-corrected chi connectivity index (χ0v) is 16.4. The van der Waals surface area contributed by atoms with Crippen molar-refractivity contribution in [2.45, 2.75) is 13.5 Å². The van der Waals surface area contributed by atoms with Gasteiger partial charge in [-0.1, -0.05) is 29.8 Å². The van der Waals surface area contributed by atoms with Crippen LogP contribution in [0, 0.1) is 6.92 Å². The summed E-state index contributed by atoms with van der Waals surface area (Å²) in [6.07, 6.45) is 1.48. The molecule has 0 radical (unpaired) electrons. The van der Waals surface area contributed by atoms with Gasteiger partial charge in [0, 0.05) is 18.8 Å². The second-order valence-electron chi connectivity index (χ2n) is 6.88. The third kappa shape index (κ3) is 3.42. The van der Waals surface area contributed by atoms with Gasteiger partial charge in [0.05, 0.1) is 13.7 Å². The molecule has 2 aromatic carbocycles. The van der Waals surface area contributed by atoms with Crippen molar-refractivity contribution in [1.82, 2.24) is 19.1 Å². The van der Waals surface area contributed by atoms with E-state index in [2.05, 4.69) is 9.97 Å². The molecule has 7 nitrogen and oxygen atoms in total. The molecule has 29 heavy (non-hydrogen) atoms. The maximum Gasteiger partial charge on any atom is 0.332 e. The van der Waals surface area contributed by atoms with Crippen molar-refractivity contribution in [2.75, 3.05) is 7.11 Å². The summed E-state index contributed by atoms with van der Waals surface area (Å²) in [7, 11) is 3.21. The average Bonchev–Trinajstić information content (AvgIpc) is 2.76. The molecule has 0 N–H and O–H groups in total. The highest BCUT2D eigenvalue weighted by Crippen LogP contribution is 2.20. The molecular weight excluding hydrogens is 368 g/mol. The highest BCUT2D eigenvalue weighted by molar-refractivity contribution is 5.75. The number of rotatable bonds is 4. The highest BCUT2D eigenvalue weighted by atomic mass is 16.5. The van der Waals surface area contributed by atoms with Gasteiger partial charge in [0.1, 0.15) is 11.1 Å². The van der Waals surface area contributed by atoms with Crippen LogP contribution in [0.5, 0.6) is 5.75 Å². The summed E-state index contributed by atoms with van der Waals surface area (Å²) in [6, 6.07) is 15.0. The molecule has 0 spiro atoms. The van der Waals surface area contributed by atoms with Gasteiger partial charge in [0.15, 0.2) is 11.5 Å². The van der Waals surface area contributed by atoms with Crippen molar-refractivity contribution in [2.24, 2.45) is 7.05 Å². The van der Waals surface area contributed by atoms with E-state index in [-0.39, 0.29) is 6.54 Å². The lowest BCUT2D eigenvalue weighted by Crippen LogP contribution is -2.39. The maximum atomic E-state index is 13.0.